The number of hydrogen-bond donors (Lipinski definition) is 2. The molecule has 4 heteroatoms. The van der Waals surface area contributed by atoms with Crippen molar-refractivity contribution in [3.8, 4) is 17.2 Å². The Morgan fingerprint density at radius 2 is 1.81 bits per heavy atom. The van der Waals surface area contributed by atoms with Gasteiger partial charge in [-0.3, -0.25) is 4.79 Å². The molecule has 1 aliphatic heterocycles. The molecular weight excluding hydrogens is 340 g/mol. The second-order valence-electron chi connectivity index (χ2n) is 9.11. The summed E-state index contributed by atoms with van der Waals surface area (Å²) in [6.45, 7) is 6.59. The van der Waals surface area contributed by atoms with E-state index in [2.05, 4.69) is 20.8 Å². The first-order chi connectivity index (χ1) is 12.8. The monoisotopic (exact) mass is 364 g/mol. The molecule has 4 atom stereocenters. The predicted octanol–water partition coefficient (Wildman–Crippen LogP) is 4.63. The molecule has 5 rings (SSSR count). The number of ketones is 1. The molecule has 0 bridgehead atoms. The highest BCUT2D eigenvalue weighted by Gasteiger charge is 2.70. The van der Waals surface area contributed by atoms with Gasteiger partial charge in [0, 0.05) is 29.0 Å². The fourth-order valence-electron chi connectivity index (χ4n) is 6.12. The molecule has 27 heavy (non-hydrogen) atoms. The minimum absolute atomic E-state index is 0.0255. The Labute approximate surface area is 158 Å². The first-order valence-electron chi connectivity index (χ1n) is 9.63. The van der Waals surface area contributed by atoms with E-state index in [0.29, 0.717) is 28.7 Å². The van der Waals surface area contributed by atoms with Crippen LogP contribution in [0, 0.1) is 17.3 Å². The third-order valence-electron chi connectivity index (χ3n) is 7.39. The Balaban J connectivity index is 1.74. The highest BCUT2D eigenvalue weighted by molar-refractivity contribution is 6.13. The Bertz CT molecular complexity index is 962. The quantitative estimate of drug-likeness (QED) is 0.763. The van der Waals surface area contributed by atoms with Crippen LogP contribution in [0.4, 0.5) is 0 Å². The molecule has 4 unspecified atom stereocenters. The average Bonchev–Trinajstić information content (AvgIpc) is 2.96. The Morgan fingerprint density at radius 1 is 1.11 bits per heavy atom. The normalized spacial score (nSPS) is 32.0. The van der Waals surface area contributed by atoms with Crippen molar-refractivity contribution in [3.05, 3.63) is 53.1 Å². The average molecular weight is 364 g/mol. The summed E-state index contributed by atoms with van der Waals surface area (Å²) in [6, 6.07) is 10.2. The fraction of sp³-hybridized carbons (Fsp3) is 0.435. The molecule has 0 amide bonds. The number of phenols is 2. The standard InChI is InChI=1S/C23H24O4/c1-22(2)13-9-10-23(3)18(13)19(22)16-14(24)11-15(25)17(21(16)27-23)20(26)12-7-5-4-6-8-12/h4-8,11,13,18-19,24-25H,9-10H2,1-3H3. The van der Waals surface area contributed by atoms with Crippen molar-refractivity contribution in [1.82, 2.24) is 0 Å². The van der Waals surface area contributed by atoms with Crippen LogP contribution in [0.1, 0.15) is 61.0 Å². The lowest BCUT2D eigenvalue weighted by atomic mass is 9.45. The third kappa shape index (κ3) is 1.96. The summed E-state index contributed by atoms with van der Waals surface area (Å²) in [5.74, 6) is 0.918. The highest BCUT2D eigenvalue weighted by atomic mass is 16.5. The lowest BCUT2D eigenvalue weighted by Crippen LogP contribution is -2.59. The van der Waals surface area contributed by atoms with Crippen LogP contribution in [0.25, 0.3) is 0 Å². The number of aromatic hydroxyl groups is 2. The van der Waals surface area contributed by atoms with Crippen LogP contribution < -0.4 is 4.74 Å². The number of carbonyl (C=O) groups is 1. The van der Waals surface area contributed by atoms with E-state index in [9.17, 15) is 15.0 Å². The number of fused-ring (bicyclic) bond motifs is 2. The second-order valence-corrected chi connectivity index (χ2v) is 9.11. The molecule has 0 aromatic heterocycles. The fourth-order valence-corrected chi connectivity index (χ4v) is 6.12. The van der Waals surface area contributed by atoms with Crippen LogP contribution in [0.5, 0.6) is 17.2 Å². The SMILES string of the molecule is CC12CCC3C1C(c1c(O)cc(O)c(C(=O)c4ccccc4)c1O2)C3(C)C. The van der Waals surface area contributed by atoms with Gasteiger partial charge in [-0.05, 0) is 31.1 Å². The van der Waals surface area contributed by atoms with Crippen molar-refractivity contribution in [2.45, 2.75) is 45.1 Å². The van der Waals surface area contributed by atoms with Gasteiger partial charge in [-0.1, -0.05) is 44.2 Å². The number of benzene rings is 2. The lowest BCUT2D eigenvalue weighted by Gasteiger charge is -2.62. The molecular formula is C23H24O4. The van der Waals surface area contributed by atoms with Gasteiger partial charge in [-0.2, -0.15) is 0 Å². The molecule has 3 aliphatic rings. The summed E-state index contributed by atoms with van der Waals surface area (Å²) in [6.07, 6.45) is 2.02. The molecule has 4 nitrogen and oxygen atoms in total. The van der Waals surface area contributed by atoms with E-state index >= 15 is 0 Å². The van der Waals surface area contributed by atoms with Crippen LogP contribution in [-0.4, -0.2) is 21.6 Å². The lowest BCUT2D eigenvalue weighted by molar-refractivity contribution is -0.121. The number of rotatable bonds is 2. The van der Waals surface area contributed by atoms with Gasteiger partial charge in [0.25, 0.3) is 0 Å². The minimum Gasteiger partial charge on any atom is -0.507 e. The molecule has 0 spiro atoms. The van der Waals surface area contributed by atoms with E-state index in [1.807, 2.05) is 6.07 Å². The molecule has 2 aromatic rings. The van der Waals surface area contributed by atoms with Crippen molar-refractivity contribution in [3.63, 3.8) is 0 Å². The van der Waals surface area contributed by atoms with E-state index in [1.165, 1.54) is 6.07 Å². The van der Waals surface area contributed by atoms with Crippen molar-refractivity contribution >= 4 is 5.78 Å². The van der Waals surface area contributed by atoms with E-state index in [4.69, 9.17) is 4.74 Å². The van der Waals surface area contributed by atoms with Gasteiger partial charge in [0.1, 0.15) is 28.4 Å². The summed E-state index contributed by atoms with van der Waals surface area (Å²) >= 11 is 0. The van der Waals surface area contributed by atoms with Gasteiger partial charge in [-0.15, -0.1) is 0 Å². The minimum atomic E-state index is -0.357. The molecule has 140 valence electrons. The van der Waals surface area contributed by atoms with E-state index in [-0.39, 0.29) is 39.8 Å². The summed E-state index contributed by atoms with van der Waals surface area (Å²) < 4.78 is 6.43. The number of ether oxygens (including phenoxy) is 1. The smallest absolute Gasteiger partial charge is 0.200 e. The van der Waals surface area contributed by atoms with Gasteiger partial charge in [0.2, 0.25) is 5.78 Å². The predicted molar refractivity (Wildman–Crippen MR) is 101 cm³/mol. The van der Waals surface area contributed by atoms with Crippen LogP contribution in [-0.2, 0) is 0 Å². The first-order valence-corrected chi connectivity index (χ1v) is 9.63. The van der Waals surface area contributed by atoms with E-state index < -0.39 is 0 Å². The molecule has 2 aliphatic carbocycles. The number of carbonyl (C=O) groups excluding carboxylic acids is 1. The first kappa shape index (κ1) is 16.7. The molecule has 0 saturated heterocycles. The zero-order valence-electron chi connectivity index (χ0n) is 15.8. The van der Waals surface area contributed by atoms with Crippen molar-refractivity contribution in [1.29, 1.82) is 0 Å². The second kappa shape index (κ2) is 5.06. The summed E-state index contributed by atoms with van der Waals surface area (Å²) in [5.41, 5.74) is 1.03. The molecule has 2 N–H and O–H groups in total. The zero-order chi connectivity index (χ0) is 19.1. The summed E-state index contributed by atoms with van der Waals surface area (Å²) in [4.78, 5) is 13.2. The molecule has 2 aromatic carbocycles. The summed E-state index contributed by atoms with van der Waals surface area (Å²) in [5, 5.41) is 21.3. The topological polar surface area (TPSA) is 66.8 Å². The number of phenolic OH excluding ortho intramolecular Hbond substituents is 2. The largest absolute Gasteiger partial charge is 0.507 e. The summed E-state index contributed by atoms with van der Waals surface area (Å²) in [7, 11) is 0. The maximum Gasteiger partial charge on any atom is 0.200 e. The maximum absolute atomic E-state index is 13.2. The molecule has 2 fully saturated rings. The Morgan fingerprint density at radius 3 is 2.52 bits per heavy atom. The van der Waals surface area contributed by atoms with Gasteiger partial charge in [-0.25, -0.2) is 0 Å². The third-order valence-corrected chi connectivity index (χ3v) is 7.39. The van der Waals surface area contributed by atoms with Crippen molar-refractivity contribution in [2.24, 2.45) is 17.3 Å². The van der Waals surface area contributed by atoms with E-state index in [1.54, 1.807) is 24.3 Å². The van der Waals surface area contributed by atoms with Gasteiger partial charge >= 0.3 is 0 Å². The molecule has 2 saturated carbocycles. The van der Waals surface area contributed by atoms with Crippen molar-refractivity contribution < 1.29 is 19.7 Å². The van der Waals surface area contributed by atoms with Gasteiger partial charge in [0.05, 0.1) is 0 Å². The Hall–Kier alpha value is -2.49. The molecule has 0 radical (unpaired) electrons. The van der Waals surface area contributed by atoms with Crippen LogP contribution in [0.2, 0.25) is 0 Å². The van der Waals surface area contributed by atoms with Crippen LogP contribution in [0.15, 0.2) is 36.4 Å². The zero-order valence-corrected chi connectivity index (χ0v) is 15.8. The van der Waals surface area contributed by atoms with Crippen LogP contribution >= 0.6 is 0 Å². The molecule has 1 heterocycles. The van der Waals surface area contributed by atoms with Crippen molar-refractivity contribution in [2.75, 3.05) is 0 Å². The van der Waals surface area contributed by atoms with Crippen LogP contribution in [0.3, 0.4) is 0 Å². The van der Waals surface area contributed by atoms with Gasteiger partial charge < -0.3 is 14.9 Å². The Kier molecular flexibility index (Phi) is 3.12. The number of hydrogen-bond acceptors (Lipinski definition) is 4. The van der Waals surface area contributed by atoms with E-state index in [0.717, 1.165) is 12.8 Å². The highest BCUT2D eigenvalue weighted by Crippen LogP contribution is 2.74. The maximum atomic E-state index is 13.2. The van der Waals surface area contributed by atoms with Gasteiger partial charge in [0.15, 0.2) is 0 Å².